The highest BCUT2D eigenvalue weighted by atomic mass is 35.5. The molecule has 2 aromatic rings. The summed E-state index contributed by atoms with van der Waals surface area (Å²) < 4.78 is 17.8. The normalized spacial score (nSPS) is 13.7. The van der Waals surface area contributed by atoms with E-state index in [9.17, 15) is 4.21 Å². The second kappa shape index (κ2) is 7.27. The smallest absolute Gasteiger partial charge is 0.123 e. The van der Waals surface area contributed by atoms with Gasteiger partial charge in [-0.25, -0.2) is 0 Å². The lowest BCUT2D eigenvalue weighted by Gasteiger charge is -2.16. The summed E-state index contributed by atoms with van der Waals surface area (Å²) >= 11 is 12.1. The third-order valence-electron chi connectivity index (χ3n) is 3.02. The maximum absolute atomic E-state index is 12.5. The molecule has 0 bridgehead atoms. The topological polar surface area (TPSA) is 52.3 Å². The monoisotopic (exact) mass is 343 g/mol. The molecule has 0 heterocycles. The summed E-state index contributed by atoms with van der Waals surface area (Å²) in [6.45, 7) is 0. The Morgan fingerprint density at radius 1 is 1.14 bits per heavy atom. The molecule has 0 spiro atoms. The van der Waals surface area contributed by atoms with Crippen molar-refractivity contribution in [3.05, 3.63) is 58.1 Å². The number of methoxy groups -OCH3 is 1. The van der Waals surface area contributed by atoms with E-state index in [1.54, 1.807) is 25.3 Å². The summed E-state index contributed by atoms with van der Waals surface area (Å²) in [6, 6.07) is 12.0. The molecule has 0 aliphatic rings. The summed E-state index contributed by atoms with van der Waals surface area (Å²) in [5.74, 6) is 0.886. The van der Waals surface area contributed by atoms with Gasteiger partial charge in [-0.1, -0.05) is 47.5 Å². The average molecular weight is 344 g/mol. The molecule has 0 aliphatic carbocycles. The number of nitrogens with two attached hydrogens (primary N) is 1. The maximum Gasteiger partial charge on any atom is 0.123 e. The molecular weight excluding hydrogens is 329 g/mol. The number of halogens is 2. The van der Waals surface area contributed by atoms with Crippen molar-refractivity contribution in [1.82, 2.24) is 0 Å². The molecule has 0 amide bonds. The molecule has 2 aromatic carbocycles. The zero-order valence-electron chi connectivity index (χ0n) is 11.4. The molecule has 2 unspecified atom stereocenters. The van der Waals surface area contributed by atoms with Crippen LogP contribution >= 0.6 is 23.2 Å². The predicted molar refractivity (Wildman–Crippen MR) is 87.7 cm³/mol. The van der Waals surface area contributed by atoms with Gasteiger partial charge in [-0.15, -0.1) is 0 Å². The second-order valence-electron chi connectivity index (χ2n) is 4.41. The van der Waals surface area contributed by atoms with E-state index in [0.29, 0.717) is 20.7 Å². The molecule has 0 saturated carbocycles. The van der Waals surface area contributed by atoms with Crippen molar-refractivity contribution in [3.63, 3.8) is 0 Å². The van der Waals surface area contributed by atoms with Gasteiger partial charge < -0.3 is 10.5 Å². The molecule has 21 heavy (non-hydrogen) atoms. The molecule has 0 aromatic heterocycles. The first-order valence-electron chi connectivity index (χ1n) is 6.25. The van der Waals surface area contributed by atoms with Gasteiger partial charge in [-0.2, -0.15) is 0 Å². The Balaban J connectivity index is 2.23. The van der Waals surface area contributed by atoms with Crippen LogP contribution < -0.4 is 10.5 Å². The first-order valence-corrected chi connectivity index (χ1v) is 8.33. The number of benzene rings is 2. The van der Waals surface area contributed by atoms with E-state index in [4.69, 9.17) is 33.7 Å². The van der Waals surface area contributed by atoms with E-state index in [0.717, 1.165) is 5.56 Å². The minimum Gasteiger partial charge on any atom is -0.496 e. The maximum atomic E-state index is 12.5. The molecule has 2 atom stereocenters. The number of para-hydroxylation sites is 1. The van der Waals surface area contributed by atoms with Crippen LogP contribution in [0.2, 0.25) is 10.0 Å². The lowest BCUT2D eigenvalue weighted by Crippen LogP contribution is -2.19. The molecule has 2 rings (SSSR count). The summed E-state index contributed by atoms with van der Waals surface area (Å²) in [5, 5.41) is 0.765. The van der Waals surface area contributed by atoms with Crippen LogP contribution in [-0.2, 0) is 10.8 Å². The molecule has 0 aliphatic heterocycles. The van der Waals surface area contributed by atoms with Crippen LogP contribution in [0.15, 0.2) is 47.4 Å². The van der Waals surface area contributed by atoms with Crippen LogP contribution in [0, 0.1) is 0 Å². The zero-order valence-corrected chi connectivity index (χ0v) is 13.7. The van der Waals surface area contributed by atoms with E-state index < -0.39 is 16.8 Å². The van der Waals surface area contributed by atoms with Crippen molar-refractivity contribution in [1.29, 1.82) is 0 Å². The standard InChI is InChI=1S/C15H15Cl2NO2S/c1-20-14-8-3-2-5-10(14)13(18)9-21(19)15-11(16)6-4-7-12(15)17/h2-8,13H,9,18H2,1H3. The van der Waals surface area contributed by atoms with E-state index in [-0.39, 0.29) is 5.75 Å². The highest BCUT2D eigenvalue weighted by Gasteiger charge is 2.19. The van der Waals surface area contributed by atoms with Gasteiger partial charge in [0, 0.05) is 17.4 Å². The van der Waals surface area contributed by atoms with Crippen molar-refractivity contribution >= 4 is 34.0 Å². The Morgan fingerprint density at radius 2 is 1.76 bits per heavy atom. The first-order chi connectivity index (χ1) is 10.0. The molecule has 2 N–H and O–H groups in total. The van der Waals surface area contributed by atoms with Crippen molar-refractivity contribution in [3.8, 4) is 5.75 Å². The van der Waals surface area contributed by atoms with Gasteiger partial charge in [-0.05, 0) is 18.2 Å². The predicted octanol–water partition coefficient (Wildman–Crippen LogP) is 3.81. The van der Waals surface area contributed by atoms with Crippen LogP contribution in [-0.4, -0.2) is 17.1 Å². The van der Waals surface area contributed by atoms with Gasteiger partial charge in [0.1, 0.15) is 5.75 Å². The number of hydrogen-bond donors (Lipinski definition) is 1. The third kappa shape index (κ3) is 3.77. The largest absolute Gasteiger partial charge is 0.496 e. The summed E-state index contributed by atoms with van der Waals surface area (Å²) in [6.07, 6.45) is 0. The molecule has 112 valence electrons. The summed E-state index contributed by atoms with van der Waals surface area (Å²) in [5.41, 5.74) is 6.95. The molecule has 0 fully saturated rings. The second-order valence-corrected chi connectivity index (χ2v) is 6.66. The van der Waals surface area contributed by atoms with Crippen molar-refractivity contribution in [2.45, 2.75) is 10.9 Å². The molecule has 6 heteroatoms. The van der Waals surface area contributed by atoms with Crippen LogP contribution in [0.1, 0.15) is 11.6 Å². The fraction of sp³-hybridized carbons (Fsp3) is 0.200. The molecule has 3 nitrogen and oxygen atoms in total. The van der Waals surface area contributed by atoms with Gasteiger partial charge in [0.25, 0.3) is 0 Å². The van der Waals surface area contributed by atoms with Crippen LogP contribution in [0.25, 0.3) is 0 Å². The number of ether oxygens (including phenoxy) is 1. The Kier molecular flexibility index (Phi) is 5.65. The van der Waals surface area contributed by atoms with Crippen molar-refractivity contribution in [2.75, 3.05) is 12.9 Å². The number of hydrogen-bond acceptors (Lipinski definition) is 3. The number of rotatable bonds is 5. The Hall–Kier alpha value is -1.07. The molecule has 0 radical (unpaired) electrons. The van der Waals surface area contributed by atoms with Crippen molar-refractivity contribution < 1.29 is 8.95 Å². The van der Waals surface area contributed by atoms with Gasteiger partial charge >= 0.3 is 0 Å². The minimum absolute atomic E-state index is 0.212. The molecular formula is C15H15Cl2NO2S. The third-order valence-corrected chi connectivity index (χ3v) is 5.43. The highest BCUT2D eigenvalue weighted by Crippen LogP contribution is 2.30. The van der Waals surface area contributed by atoms with Crippen LogP contribution in [0.4, 0.5) is 0 Å². The first kappa shape index (κ1) is 16.3. The zero-order chi connectivity index (χ0) is 15.4. The van der Waals surface area contributed by atoms with Crippen LogP contribution in [0.5, 0.6) is 5.75 Å². The lowest BCUT2D eigenvalue weighted by molar-refractivity contribution is 0.407. The fourth-order valence-electron chi connectivity index (χ4n) is 2.01. The summed E-state index contributed by atoms with van der Waals surface area (Å²) in [7, 11) is 0.185. The van der Waals surface area contributed by atoms with Crippen LogP contribution in [0.3, 0.4) is 0 Å². The Morgan fingerprint density at radius 3 is 2.38 bits per heavy atom. The van der Waals surface area contributed by atoms with E-state index >= 15 is 0 Å². The Labute approximate surface area is 136 Å². The highest BCUT2D eigenvalue weighted by molar-refractivity contribution is 7.85. The lowest BCUT2D eigenvalue weighted by atomic mass is 10.1. The van der Waals surface area contributed by atoms with E-state index in [1.165, 1.54) is 0 Å². The average Bonchev–Trinajstić information content (AvgIpc) is 2.46. The van der Waals surface area contributed by atoms with Gasteiger partial charge in [0.05, 0.1) is 32.9 Å². The quantitative estimate of drug-likeness (QED) is 0.897. The van der Waals surface area contributed by atoms with Crippen molar-refractivity contribution in [2.24, 2.45) is 5.73 Å². The minimum atomic E-state index is -1.39. The van der Waals surface area contributed by atoms with Gasteiger partial charge in [0.2, 0.25) is 0 Å². The van der Waals surface area contributed by atoms with E-state index in [1.807, 2.05) is 24.3 Å². The Bertz CT molecular complexity index is 644. The van der Waals surface area contributed by atoms with E-state index in [2.05, 4.69) is 0 Å². The SMILES string of the molecule is COc1ccccc1C(N)CS(=O)c1c(Cl)cccc1Cl. The van der Waals surface area contributed by atoms with Gasteiger partial charge in [0.15, 0.2) is 0 Å². The summed E-state index contributed by atoms with van der Waals surface area (Å²) in [4.78, 5) is 0.422. The van der Waals surface area contributed by atoms with Gasteiger partial charge in [-0.3, -0.25) is 4.21 Å². The fourth-order valence-corrected chi connectivity index (χ4v) is 4.17. The molecule has 0 saturated heterocycles.